The van der Waals surface area contributed by atoms with Gasteiger partial charge in [0.25, 0.3) is 0 Å². The highest BCUT2D eigenvalue weighted by atomic mass is 16.2. The molecular weight excluding hydrogens is 248 g/mol. The molecule has 0 bridgehead atoms. The number of anilines is 1. The highest BCUT2D eigenvalue weighted by molar-refractivity contribution is 5.94. The van der Waals surface area contributed by atoms with E-state index in [0.29, 0.717) is 13.0 Å². The first-order valence-corrected chi connectivity index (χ1v) is 7.38. The van der Waals surface area contributed by atoms with Crippen LogP contribution >= 0.6 is 0 Å². The van der Waals surface area contributed by atoms with Gasteiger partial charge in [0, 0.05) is 24.2 Å². The molecule has 1 aliphatic rings. The molecule has 20 heavy (non-hydrogen) atoms. The summed E-state index contributed by atoms with van der Waals surface area (Å²) >= 11 is 0. The lowest BCUT2D eigenvalue weighted by molar-refractivity contribution is -0.118. The largest absolute Gasteiger partial charge is 0.320 e. The molecule has 106 valence electrons. The van der Waals surface area contributed by atoms with Gasteiger partial charge in [0.15, 0.2) is 0 Å². The van der Waals surface area contributed by atoms with Gasteiger partial charge in [-0.3, -0.25) is 4.79 Å². The van der Waals surface area contributed by atoms with E-state index < -0.39 is 0 Å². The fraction of sp³-hybridized carbons (Fsp3) is 0.471. The Bertz CT molecular complexity index is 540. The zero-order chi connectivity index (χ0) is 14.4. The number of nitrogens with zero attached hydrogens (tertiary/aromatic N) is 1. The minimum absolute atomic E-state index is 0.248. The van der Waals surface area contributed by atoms with Crippen molar-refractivity contribution in [2.45, 2.75) is 39.0 Å². The van der Waals surface area contributed by atoms with Crippen LogP contribution in [0.4, 0.5) is 5.69 Å². The Labute approximate surface area is 121 Å². The van der Waals surface area contributed by atoms with Gasteiger partial charge < -0.3 is 10.6 Å². The number of aryl methyl sites for hydroxylation is 1. The van der Waals surface area contributed by atoms with Gasteiger partial charge in [-0.15, -0.1) is 0 Å². The van der Waals surface area contributed by atoms with Crippen molar-refractivity contribution in [1.82, 2.24) is 0 Å². The minimum atomic E-state index is 0.248. The Hall–Kier alpha value is -1.79. The van der Waals surface area contributed by atoms with Crippen molar-refractivity contribution in [1.29, 1.82) is 0 Å². The van der Waals surface area contributed by atoms with Crippen molar-refractivity contribution in [2.24, 2.45) is 5.73 Å². The van der Waals surface area contributed by atoms with Crippen LogP contribution in [0.5, 0.6) is 0 Å². The van der Waals surface area contributed by atoms with Crippen LogP contribution in [0, 0.1) is 11.8 Å². The standard InChI is InChI=1S/C17H22N2O/c1-2-15-13-14(7-6-11-18)9-10-16(15)19-12-5-3-4-8-17(19)20/h9-10,13H,2-5,8,11-12,18H2,1H3. The minimum Gasteiger partial charge on any atom is -0.320 e. The zero-order valence-electron chi connectivity index (χ0n) is 12.1. The molecule has 0 aromatic heterocycles. The van der Waals surface area contributed by atoms with Crippen molar-refractivity contribution < 1.29 is 4.79 Å². The second kappa shape index (κ2) is 7.12. The molecular formula is C17H22N2O. The van der Waals surface area contributed by atoms with E-state index >= 15 is 0 Å². The maximum Gasteiger partial charge on any atom is 0.226 e. The zero-order valence-corrected chi connectivity index (χ0v) is 12.1. The van der Waals surface area contributed by atoms with Gasteiger partial charge in [-0.05, 0) is 43.0 Å². The van der Waals surface area contributed by atoms with Gasteiger partial charge in [0.2, 0.25) is 5.91 Å². The maximum atomic E-state index is 12.2. The molecule has 0 atom stereocenters. The van der Waals surface area contributed by atoms with E-state index in [4.69, 9.17) is 5.73 Å². The van der Waals surface area contributed by atoms with Crippen LogP contribution in [0.3, 0.4) is 0 Å². The third-order valence-corrected chi connectivity index (χ3v) is 3.66. The number of carbonyl (C=O) groups excluding carboxylic acids is 1. The molecule has 1 fully saturated rings. The third-order valence-electron chi connectivity index (χ3n) is 3.66. The lowest BCUT2D eigenvalue weighted by Crippen LogP contribution is -2.30. The number of carbonyl (C=O) groups is 1. The molecule has 3 nitrogen and oxygen atoms in total. The second-order valence-electron chi connectivity index (χ2n) is 5.06. The number of rotatable bonds is 2. The summed E-state index contributed by atoms with van der Waals surface area (Å²) in [4.78, 5) is 14.2. The van der Waals surface area contributed by atoms with Crippen LogP contribution in [0.25, 0.3) is 0 Å². The van der Waals surface area contributed by atoms with Crippen LogP contribution in [-0.4, -0.2) is 19.0 Å². The number of hydrogen-bond acceptors (Lipinski definition) is 2. The van der Waals surface area contributed by atoms with Crippen molar-refractivity contribution in [3.63, 3.8) is 0 Å². The van der Waals surface area contributed by atoms with E-state index in [1.807, 2.05) is 17.0 Å². The third kappa shape index (κ3) is 3.40. The lowest BCUT2D eigenvalue weighted by Gasteiger charge is -2.23. The summed E-state index contributed by atoms with van der Waals surface area (Å²) in [6.45, 7) is 3.31. The monoisotopic (exact) mass is 270 g/mol. The Kier molecular flexibility index (Phi) is 5.20. The summed E-state index contributed by atoms with van der Waals surface area (Å²) in [5, 5.41) is 0. The van der Waals surface area contributed by atoms with Crippen LogP contribution in [-0.2, 0) is 11.2 Å². The quantitative estimate of drug-likeness (QED) is 0.839. The average Bonchev–Trinajstić information content (AvgIpc) is 2.69. The molecule has 2 N–H and O–H groups in total. The van der Waals surface area contributed by atoms with Crippen LogP contribution in [0.15, 0.2) is 18.2 Å². The molecule has 0 aliphatic carbocycles. The summed E-state index contributed by atoms with van der Waals surface area (Å²) in [7, 11) is 0. The predicted molar refractivity (Wildman–Crippen MR) is 82.6 cm³/mol. The summed E-state index contributed by atoms with van der Waals surface area (Å²) < 4.78 is 0. The topological polar surface area (TPSA) is 46.3 Å². The summed E-state index contributed by atoms with van der Waals surface area (Å²) in [6.07, 6.45) is 4.80. The Morgan fingerprint density at radius 1 is 1.30 bits per heavy atom. The number of hydrogen-bond donors (Lipinski definition) is 1. The van der Waals surface area contributed by atoms with Crippen LogP contribution < -0.4 is 10.6 Å². The molecule has 2 rings (SSSR count). The van der Waals surface area contributed by atoms with E-state index in [9.17, 15) is 4.79 Å². The molecule has 1 aromatic rings. The highest BCUT2D eigenvalue weighted by Gasteiger charge is 2.20. The molecule has 0 unspecified atom stereocenters. The molecule has 1 heterocycles. The van der Waals surface area contributed by atoms with Crippen molar-refractivity contribution in [3.05, 3.63) is 29.3 Å². The van der Waals surface area contributed by atoms with Crippen molar-refractivity contribution in [3.8, 4) is 11.8 Å². The summed E-state index contributed by atoms with van der Waals surface area (Å²) in [5.41, 5.74) is 8.61. The highest BCUT2D eigenvalue weighted by Crippen LogP contribution is 2.26. The fourth-order valence-corrected chi connectivity index (χ4v) is 2.60. The second-order valence-corrected chi connectivity index (χ2v) is 5.06. The average molecular weight is 270 g/mol. The lowest BCUT2D eigenvalue weighted by atomic mass is 10.0. The molecule has 0 saturated carbocycles. The maximum absolute atomic E-state index is 12.2. The van der Waals surface area contributed by atoms with E-state index in [-0.39, 0.29) is 5.91 Å². The van der Waals surface area contributed by atoms with Gasteiger partial charge >= 0.3 is 0 Å². The van der Waals surface area contributed by atoms with Crippen LogP contribution in [0.2, 0.25) is 0 Å². The molecule has 1 amide bonds. The van der Waals surface area contributed by atoms with Gasteiger partial charge in [0.05, 0.1) is 6.54 Å². The molecule has 1 saturated heterocycles. The Morgan fingerprint density at radius 2 is 2.15 bits per heavy atom. The van der Waals surface area contributed by atoms with Gasteiger partial charge in [-0.1, -0.05) is 25.2 Å². The van der Waals surface area contributed by atoms with Crippen molar-refractivity contribution in [2.75, 3.05) is 18.0 Å². The fourth-order valence-electron chi connectivity index (χ4n) is 2.60. The number of nitrogens with two attached hydrogens (primary N) is 1. The molecule has 1 aliphatic heterocycles. The Morgan fingerprint density at radius 3 is 2.90 bits per heavy atom. The van der Waals surface area contributed by atoms with Crippen molar-refractivity contribution >= 4 is 11.6 Å². The number of amides is 1. The van der Waals surface area contributed by atoms with Gasteiger partial charge in [0.1, 0.15) is 0 Å². The Balaban J connectivity index is 2.32. The molecule has 0 radical (unpaired) electrons. The normalized spacial score (nSPS) is 15.5. The number of benzene rings is 1. The summed E-state index contributed by atoms with van der Waals surface area (Å²) in [6, 6.07) is 6.09. The van der Waals surface area contributed by atoms with E-state index in [2.05, 4.69) is 24.8 Å². The molecule has 1 aromatic carbocycles. The van der Waals surface area contributed by atoms with Gasteiger partial charge in [-0.25, -0.2) is 0 Å². The first-order chi connectivity index (χ1) is 9.76. The molecule has 3 heteroatoms. The predicted octanol–water partition coefficient (Wildman–Crippen LogP) is 2.47. The van der Waals surface area contributed by atoms with E-state index in [0.717, 1.165) is 43.5 Å². The first-order valence-electron chi connectivity index (χ1n) is 7.38. The van der Waals surface area contributed by atoms with E-state index in [1.165, 1.54) is 5.56 Å². The smallest absolute Gasteiger partial charge is 0.226 e. The van der Waals surface area contributed by atoms with Crippen LogP contribution in [0.1, 0.15) is 43.7 Å². The molecule has 0 spiro atoms. The summed E-state index contributed by atoms with van der Waals surface area (Å²) in [5.74, 6) is 6.17. The first kappa shape index (κ1) is 14.6. The SMILES string of the molecule is CCc1cc(C#CCN)ccc1N1CCCCCC1=O. The van der Waals surface area contributed by atoms with E-state index in [1.54, 1.807) is 0 Å². The van der Waals surface area contributed by atoms with Gasteiger partial charge in [-0.2, -0.15) is 0 Å².